The van der Waals surface area contributed by atoms with E-state index in [0.29, 0.717) is 0 Å². The maximum atomic E-state index is 10.4. The van der Waals surface area contributed by atoms with E-state index in [-0.39, 0.29) is 5.92 Å². The number of rotatable bonds is 6. The van der Waals surface area contributed by atoms with Gasteiger partial charge in [0.2, 0.25) is 0 Å². The van der Waals surface area contributed by atoms with E-state index >= 15 is 0 Å². The predicted molar refractivity (Wildman–Crippen MR) is 62.3 cm³/mol. The van der Waals surface area contributed by atoms with E-state index in [1.54, 1.807) is 0 Å². The molecule has 0 spiro atoms. The second-order valence-electron chi connectivity index (χ2n) is 4.22. The molecular weight excluding hydrogens is 172 g/mol. The normalized spacial score (nSPS) is 13.6. The Hall–Kier alpha value is -0.850. The smallest absolute Gasteiger partial charge is 0.123 e. The highest BCUT2D eigenvalue weighted by atomic mass is 16.1. The van der Waals surface area contributed by atoms with Crippen molar-refractivity contribution in [2.24, 2.45) is 5.92 Å². The van der Waals surface area contributed by atoms with Crippen LogP contribution in [0.5, 0.6) is 0 Å². The van der Waals surface area contributed by atoms with Crippen LogP contribution in [-0.4, -0.2) is 6.29 Å². The van der Waals surface area contributed by atoms with Crippen molar-refractivity contribution in [2.45, 2.75) is 47.0 Å². The largest absolute Gasteiger partial charge is 0.303 e. The molecule has 1 atom stereocenters. The minimum atomic E-state index is 0.161. The van der Waals surface area contributed by atoms with Crippen LogP contribution in [0.2, 0.25) is 0 Å². The molecular formula is C13H22O. The van der Waals surface area contributed by atoms with Crippen molar-refractivity contribution in [3.05, 3.63) is 23.3 Å². The van der Waals surface area contributed by atoms with Crippen LogP contribution in [-0.2, 0) is 4.79 Å². The van der Waals surface area contributed by atoms with E-state index in [1.807, 2.05) is 6.92 Å². The Morgan fingerprint density at radius 3 is 2.36 bits per heavy atom. The molecule has 0 rings (SSSR count). The van der Waals surface area contributed by atoms with Crippen molar-refractivity contribution in [2.75, 3.05) is 0 Å². The van der Waals surface area contributed by atoms with Crippen molar-refractivity contribution >= 4 is 6.29 Å². The third kappa shape index (κ3) is 7.78. The molecule has 0 bridgehead atoms. The van der Waals surface area contributed by atoms with E-state index in [1.165, 1.54) is 11.1 Å². The van der Waals surface area contributed by atoms with Gasteiger partial charge in [0.15, 0.2) is 0 Å². The van der Waals surface area contributed by atoms with Crippen molar-refractivity contribution in [1.29, 1.82) is 0 Å². The summed E-state index contributed by atoms with van der Waals surface area (Å²) in [5.74, 6) is 0.161. The molecule has 14 heavy (non-hydrogen) atoms. The summed E-state index contributed by atoms with van der Waals surface area (Å²) in [5, 5.41) is 0. The molecule has 1 unspecified atom stereocenters. The first kappa shape index (κ1) is 13.2. The monoisotopic (exact) mass is 194 g/mol. The molecule has 0 aliphatic heterocycles. The standard InChI is InChI=1S/C13H22O/c1-11(2)6-5-7-12(3)8-9-13(4)10-14/h6,8,10,13H,5,7,9H2,1-4H3. The van der Waals surface area contributed by atoms with Gasteiger partial charge in [0.05, 0.1) is 0 Å². The van der Waals surface area contributed by atoms with Crippen LogP contribution in [0.4, 0.5) is 0 Å². The van der Waals surface area contributed by atoms with E-state index in [0.717, 1.165) is 25.5 Å². The molecule has 0 aromatic carbocycles. The van der Waals surface area contributed by atoms with Crippen molar-refractivity contribution in [1.82, 2.24) is 0 Å². The van der Waals surface area contributed by atoms with E-state index in [4.69, 9.17) is 0 Å². The van der Waals surface area contributed by atoms with Crippen molar-refractivity contribution in [3.63, 3.8) is 0 Å². The molecule has 0 fully saturated rings. The number of hydrogen-bond acceptors (Lipinski definition) is 1. The molecule has 0 saturated carbocycles. The quantitative estimate of drug-likeness (QED) is 0.463. The average Bonchev–Trinajstić information content (AvgIpc) is 2.13. The van der Waals surface area contributed by atoms with E-state index < -0.39 is 0 Å². The molecule has 0 N–H and O–H groups in total. The maximum Gasteiger partial charge on any atom is 0.123 e. The highest BCUT2D eigenvalue weighted by Crippen LogP contribution is 2.09. The molecule has 1 heteroatoms. The summed E-state index contributed by atoms with van der Waals surface area (Å²) in [7, 11) is 0. The molecule has 1 nitrogen and oxygen atoms in total. The summed E-state index contributed by atoms with van der Waals surface area (Å²) in [6.07, 6.45) is 8.54. The zero-order chi connectivity index (χ0) is 11.0. The van der Waals surface area contributed by atoms with E-state index in [2.05, 4.69) is 32.9 Å². The van der Waals surface area contributed by atoms with Gasteiger partial charge in [0, 0.05) is 5.92 Å². The minimum absolute atomic E-state index is 0.161. The molecule has 0 amide bonds. The van der Waals surface area contributed by atoms with Gasteiger partial charge in [-0.1, -0.05) is 30.2 Å². The Morgan fingerprint density at radius 2 is 1.86 bits per heavy atom. The summed E-state index contributed by atoms with van der Waals surface area (Å²) < 4.78 is 0. The molecule has 0 aliphatic rings. The summed E-state index contributed by atoms with van der Waals surface area (Å²) in [6, 6.07) is 0. The van der Waals surface area contributed by atoms with Crippen LogP contribution < -0.4 is 0 Å². The molecule has 0 aliphatic carbocycles. The minimum Gasteiger partial charge on any atom is -0.303 e. The Balaban J connectivity index is 3.78. The van der Waals surface area contributed by atoms with Crippen molar-refractivity contribution < 1.29 is 4.79 Å². The van der Waals surface area contributed by atoms with Gasteiger partial charge in [0.1, 0.15) is 6.29 Å². The van der Waals surface area contributed by atoms with Crippen molar-refractivity contribution in [3.8, 4) is 0 Å². The Kier molecular flexibility index (Phi) is 7.09. The van der Waals surface area contributed by atoms with E-state index in [9.17, 15) is 4.79 Å². The number of carbonyl (C=O) groups is 1. The van der Waals surface area contributed by atoms with Crippen LogP contribution in [0.15, 0.2) is 23.3 Å². The van der Waals surface area contributed by atoms with Gasteiger partial charge in [0.25, 0.3) is 0 Å². The number of carbonyl (C=O) groups excluding carboxylic acids is 1. The summed E-state index contributed by atoms with van der Waals surface area (Å²) >= 11 is 0. The second-order valence-corrected chi connectivity index (χ2v) is 4.22. The van der Waals surface area contributed by atoms with Crippen LogP contribution in [0.1, 0.15) is 47.0 Å². The lowest BCUT2D eigenvalue weighted by Gasteiger charge is -2.01. The lowest BCUT2D eigenvalue weighted by Crippen LogP contribution is -1.92. The Morgan fingerprint density at radius 1 is 1.21 bits per heavy atom. The first-order chi connectivity index (χ1) is 6.56. The van der Waals surface area contributed by atoms with Gasteiger partial charge in [-0.15, -0.1) is 0 Å². The van der Waals surface area contributed by atoms with Gasteiger partial charge in [-0.25, -0.2) is 0 Å². The summed E-state index contributed by atoms with van der Waals surface area (Å²) in [5.41, 5.74) is 2.76. The third-order valence-electron chi connectivity index (χ3n) is 2.16. The number of allylic oxidation sites excluding steroid dienone is 4. The highest BCUT2D eigenvalue weighted by molar-refractivity contribution is 5.53. The Labute approximate surface area is 87.9 Å². The maximum absolute atomic E-state index is 10.4. The first-order valence-corrected chi connectivity index (χ1v) is 5.30. The second kappa shape index (κ2) is 7.54. The molecule has 80 valence electrons. The molecule has 0 heterocycles. The van der Waals surface area contributed by atoms with Crippen LogP contribution in [0, 0.1) is 5.92 Å². The van der Waals surface area contributed by atoms with Crippen LogP contribution >= 0.6 is 0 Å². The van der Waals surface area contributed by atoms with Gasteiger partial charge < -0.3 is 4.79 Å². The molecule has 0 saturated heterocycles. The fourth-order valence-electron chi connectivity index (χ4n) is 1.13. The van der Waals surface area contributed by atoms with Gasteiger partial charge in [-0.05, 0) is 40.0 Å². The average molecular weight is 194 g/mol. The van der Waals surface area contributed by atoms with Gasteiger partial charge >= 0.3 is 0 Å². The third-order valence-corrected chi connectivity index (χ3v) is 2.16. The molecule has 0 aromatic rings. The highest BCUT2D eigenvalue weighted by Gasteiger charge is 1.96. The number of hydrogen-bond donors (Lipinski definition) is 0. The summed E-state index contributed by atoms with van der Waals surface area (Å²) in [4.78, 5) is 10.4. The van der Waals surface area contributed by atoms with Crippen LogP contribution in [0.25, 0.3) is 0 Å². The first-order valence-electron chi connectivity index (χ1n) is 5.30. The fraction of sp³-hybridized carbons (Fsp3) is 0.615. The molecule has 0 radical (unpaired) electrons. The number of aldehydes is 1. The fourth-order valence-corrected chi connectivity index (χ4v) is 1.13. The van der Waals surface area contributed by atoms with Gasteiger partial charge in [-0.3, -0.25) is 0 Å². The predicted octanol–water partition coefficient (Wildman–Crippen LogP) is 3.90. The van der Waals surface area contributed by atoms with Crippen LogP contribution in [0.3, 0.4) is 0 Å². The zero-order valence-electron chi connectivity index (χ0n) is 9.84. The lowest BCUT2D eigenvalue weighted by atomic mass is 10.0. The summed E-state index contributed by atoms with van der Waals surface area (Å²) in [6.45, 7) is 8.32. The lowest BCUT2D eigenvalue weighted by molar-refractivity contribution is -0.110. The zero-order valence-corrected chi connectivity index (χ0v) is 9.84. The SMILES string of the molecule is CC(C)=CCCC(C)=CCC(C)C=O. The van der Waals surface area contributed by atoms with Gasteiger partial charge in [-0.2, -0.15) is 0 Å². The topological polar surface area (TPSA) is 17.1 Å². The molecule has 0 aromatic heterocycles. The Bertz CT molecular complexity index is 219.